The first kappa shape index (κ1) is 14.5. The highest BCUT2D eigenvalue weighted by atomic mass is 35.5. The minimum atomic E-state index is -4.08. The molecular formula is C12H7ClFN3O4S. The van der Waals surface area contributed by atoms with Crippen molar-refractivity contribution in [2.75, 3.05) is 4.72 Å². The number of rotatable bonds is 3. The van der Waals surface area contributed by atoms with Gasteiger partial charge in [0, 0.05) is 6.07 Å². The van der Waals surface area contributed by atoms with Crippen LogP contribution in [0.15, 0.2) is 44.6 Å². The van der Waals surface area contributed by atoms with Gasteiger partial charge in [-0.05, 0) is 18.2 Å². The summed E-state index contributed by atoms with van der Waals surface area (Å²) in [6.07, 6.45) is 0.869. The molecule has 0 spiro atoms. The van der Waals surface area contributed by atoms with E-state index in [1.165, 1.54) is 6.07 Å². The van der Waals surface area contributed by atoms with Crippen LogP contribution < -0.4 is 10.5 Å². The Kier molecular flexibility index (Phi) is 3.38. The van der Waals surface area contributed by atoms with Crippen LogP contribution in [0.5, 0.6) is 0 Å². The van der Waals surface area contributed by atoms with Crippen LogP contribution in [-0.2, 0) is 10.0 Å². The number of oxazole rings is 1. The van der Waals surface area contributed by atoms with Crippen LogP contribution in [0, 0.1) is 5.82 Å². The zero-order valence-corrected chi connectivity index (χ0v) is 12.2. The third-order valence-corrected chi connectivity index (χ3v) is 4.55. The highest BCUT2D eigenvalue weighted by Gasteiger charge is 2.21. The summed E-state index contributed by atoms with van der Waals surface area (Å²) >= 11 is 5.93. The Morgan fingerprint density at radius 3 is 2.77 bits per heavy atom. The lowest BCUT2D eigenvalue weighted by atomic mass is 10.3. The number of hydrogen-bond donors (Lipinski definition) is 2. The predicted octanol–water partition coefficient (Wildman–Crippen LogP) is 2.11. The number of anilines is 1. The summed E-state index contributed by atoms with van der Waals surface area (Å²) in [5, 5.41) is -0.112. The zero-order chi connectivity index (χ0) is 15.9. The summed E-state index contributed by atoms with van der Waals surface area (Å²) in [6.45, 7) is 0. The van der Waals surface area contributed by atoms with Crippen LogP contribution in [0.25, 0.3) is 11.1 Å². The van der Waals surface area contributed by atoms with Crippen molar-refractivity contribution < 1.29 is 17.2 Å². The van der Waals surface area contributed by atoms with Gasteiger partial charge in [-0.25, -0.2) is 22.6 Å². The van der Waals surface area contributed by atoms with E-state index in [0.717, 1.165) is 24.4 Å². The topological polar surface area (TPSA) is 105 Å². The van der Waals surface area contributed by atoms with E-state index in [4.69, 9.17) is 16.0 Å². The van der Waals surface area contributed by atoms with Crippen LogP contribution in [0.4, 0.5) is 10.2 Å². The van der Waals surface area contributed by atoms with Gasteiger partial charge < -0.3 is 4.42 Å². The van der Waals surface area contributed by atoms with E-state index in [0.29, 0.717) is 0 Å². The Labute approximate surface area is 127 Å². The molecule has 0 amide bonds. The van der Waals surface area contributed by atoms with Crippen LogP contribution in [0.3, 0.4) is 0 Å². The average Bonchev–Trinajstić information content (AvgIpc) is 2.79. The number of fused-ring (bicyclic) bond motifs is 1. The summed E-state index contributed by atoms with van der Waals surface area (Å²) in [7, 11) is -4.08. The second-order valence-corrected chi connectivity index (χ2v) is 6.32. The molecule has 0 saturated carbocycles. The molecule has 2 N–H and O–H groups in total. The maximum atomic E-state index is 12.8. The molecule has 0 aliphatic heterocycles. The molecule has 1 aromatic carbocycles. The van der Waals surface area contributed by atoms with Crippen molar-refractivity contribution in [3.8, 4) is 0 Å². The van der Waals surface area contributed by atoms with Gasteiger partial charge in [0.2, 0.25) is 0 Å². The van der Waals surface area contributed by atoms with E-state index < -0.39 is 21.6 Å². The fraction of sp³-hybridized carbons (Fsp3) is 0. The number of hydrogen-bond acceptors (Lipinski definition) is 5. The molecule has 0 aliphatic rings. The fourth-order valence-corrected chi connectivity index (χ4v) is 3.34. The molecule has 114 valence electrons. The largest absolute Gasteiger partial charge is 0.417 e. The van der Waals surface area contributed by atoms with Crippen molar-refractivity contribution >= 4 is 38.5 Å². The van der Waals surface area contributed by atoms with Crippen molar-refractivity contribution in [3.63, 3.8) is 0 Å². The van der Waals surface area contributed by atoms with Gasteiger partial charge in [0.1, 0.15) is 16.5 Å². The third kappa shape index (κ3) is 2.68. The van der Waals surface area contributed by atoms with Gasteiger partial charge in [-0.3, -0.25) is 9.71 Å². The molecule has 0 bridgehead atoms. The van der Waals surface area contributed by atoms with Crippen LogP contribution in [-0.4, -0.2) is 18.4 Å². The molecule has 0 aliphatic carbocycles. The minimum absolute atomic E-state index is 0.0434. The molecule has 0 fully saturated rings. The summed E-state index contributed by atoms with van der Waals surface area (Å²) in [4.78, 5) is 16.8. The Hall–Kier alpha value is -2.39. The number of benzene rings is 1. The molecule has 3 aromatic rings. The molecule has 22 heavy (non-hydrogen) atoms. The van der Waals surface area contributed by atoms with E-state index in [9.17, 15) is 17.6 Å². The van der Waals surface area contributed by atoms with E-state index in [-0.39, 0.29) is 26.8 Å². The Balaban J connectivity index is 2.06. The van der Waals surface area contributed by atoms with Gasteiger partial charge in [0.05, 0.1) is 16.7 Å². The lowest BCUT2D eigenvalue weighted by Gasteiger charge is -2.08. The van der Waals surface area contributed by atoms with Crippen molar-refractivity contribution in [1.82, 2.24) is 9.97 Å². The smallest absolute Gasteiger partial charge is 0.408 e. The first-order chi connectivity index (χ1) is 10.3. The second kappa shape index (κ2) is 5.11. The van der Waals surface area contributed by atoms with E-state index in [2.05, 4.69) is 14.7 Å². The lowest BCUT2D eigenvalue weighted by Crippen LogP contribution is -2.14. The maximum Gasteiger partial charge on any atom is 0.417 e. The first-order valence-electron chi connectivity index (χ1n) is 5.82. The number of halogens is 2. The molecule has 0 radical (unpaired) electrons. The SMILES string of the molecule is O=c1[nH]c2cc(Cl)c(S(=O)(=O)Nc3ccc(F)cn3)cc2o1. The average molecular weight is 344 g/mol. The van der Waals surface area contributed by atoms with Gasteiger partial charge in [-0.1, -0.05) is 11.6 Å². The summed E-state index contributed by atoms with van der Waals surface area (Å²) in [6, 6.07) is 4.59. The minimum Gasteiger partial charge on any atom is -0.408 e. The van der Waals surface area contributed by atoms with E-state index in [1.807, 2.05) is 0 Å². The Morgan fingerprint density at radius 2 is 2.09 bits per heavy atom. The van der Waals surface area contributed by atoms with Crippen molar-refractivity contribution in [2.45, 2.75) is 4.90 Å². The number of aromatic amines is 1. The van der Waals surface area contributed by atoms with Crippen LogP contribution >= 0.6 is 11.6 Å². The molecule has 2 heterocycles. The van der Waals surface area contributed by atoms with Gasteiger partial charge in [-0.15, -0.1) is 0 Å². The standard InChI is InChI=1S/C12H7ClFN3O4S/c13-7-3-8-9(21-12(18)16-8)4-10(7)22(19,20)17-11-2-1-6(14)5-15-11/h1-5H,(H,15,17)(H,16,18). The molecule has 0 atom stereocenters. The third-order valence-electron chi connectivity index (χ3n) is 2.73. The summed E-state index contributed by atoms with van der Waals surface area (Å²) in [5.41, 5.74) is 0.315. The van der Waals surface area contributed by atoms with Gasteiger partial charge in [0.25, 0.3) is 10.0 Å². The summed E-state index contributed by atoms with van der Waals surface area (Å²) in [5.74, 6) is -1.40. The van der Waals surface area contributed by atoms with Crippen molar-refractivity contribution in [1.29, 1.82) is 0 Å². The van der Waals surface area contributed by atoms with Gasteiger partial charge in [-0.2, -0.15) is 0 Å². The summed E-state index contributed by atoms with van der Waals surface area (Å²) < 4.78 is 44.3. The fourth-order valence-electron chi connectivity index (χ4n) is 1.79. The van der Waals surface area contributed by atoms with Crippen LogP contribution in [0.1, 0.15) is 0 Å². The van der Waals surface area contributed by atoms with Crippen LogP contribution in [0.2, 0.25) is 5.02 Å². The molecular weight excluding hydrogens is 337 g/mol. The maximum absolute atomic E-state index is 12.8. The quantitative estimate of drug-likeness (QED) is 0.757. The molecule has 10 heteroatoms. The normalized spacial score (nSPS) is 11.7. The molecule has 3 rings (SSSR count). The molecule has 7 nitrogen and oxygen atoms in total. The Morgan fingerprint density at radius 1 is 1.32 bits per heavy atom. The number of nitrogens with one attached hydrogen (secondary N) is 2. The number of H-pyrrole nitrogens is 1. The molecule has 0 saturated heterocycles. The first-order valence-corrected chi connectivity index (χ1v) is 7.68. The van der Waals surface area contributed by atoms with E-state index >= 15 is 0 Å². The molecule has 0 unspecified atom stereocenters. The van der Waals surface area contributed by atoms with Gasteiger partial charge in [0.15, 0.2) is 5.58 Å². The molecule has 2 aromatic heterocycles. The second-order valence-electron chi connectivity index (χ2n) is 4.26. The lowest BCUT2D eigenvalue weighted by molar-refractivity contribution is 0.554. The number of nitrogens with zero attached hydrogens (tertiary/aromatic N) is 1. The zero-order valence-electron chi connectivity index (χ0n) is 10.6. The van der Waals surface area contributed by atoms with Gasteiger partial charge >= 0.3 is 5.76 Å². The van der Waals surface area contributed by atoms with Crippen molar-refractivity contribution in [2.24, 2.45) is 0 Å². The highest BCUT2D eigenvalue weighted by molar-refractivity contribution is 7.92. The number of pyridine rings is 1. The predicted molar refractivity (Wildman–Crippen MR) is 76.8 cm³/mol. The highest BCUT2D eigenvalue weighted by Crippen LogP contribution is 2.27. The van der Waals surface area contributed by atoms with E-state index in [1.54, 1.807) is 0 Å². The monoisotopic (exact) mass is 343 g/mol. The Bertz CT molecular complexity index is 1010. The van der Waals surface area contributed by atoms with Crippen molar-refractivity contribution in [3.05, 3.63) is 51.9 Å². The number of sulfonamides is 1. The number of aromatic nitrogens is 2.